The SMILES string of the molecule is CCOc1ccccc1CCCCCCCCCCCCc1ccc(O)c(C(=O)O)c1. The number of aromatic hydroxyl groups is 1. The number of benzene rings is 2. The molecule has 0 atom stereocenters. The van der Waals surface area contributed by atoms with Gasteiger partial charge >= 0.3 is 5.97 Å². The molecule has 2 aromatic carbocycles. The molecule has 0 amide bonds. The second kappa shape index (κ2) is 14.5. The highest BCUT2D eigenvalue weighted by Crippen LogP contribution is 2.22. The Morgan fingerprint density at radius 3 is 2.00 bits per heavy atom. The van der Waals surface area contributed by atoms with E-state index in [-0.39, 0.29) is 11.3 Å². The minimum absolute atomic E-state index is 0.00370. The summed E-state index contributed by atoms with van der Waals surface area (Å²) in [6.45, 7) is 2.75. The summed E-state index contributed by atoms with van der Waals surface area (Å²) in [7, 11) is 0. The maximum absolute atomic E-state index is 11.1. The van der Waals surface area contributed by atoms with Crippen LogP contribution in [0.5, 0.6) is 11.5 Å². The smallest absolute Gasteiger partial charge is 0.339 e. The average molecular weight is 427 g/mol. The lowest BCUT2D eigenvalue weighted by molar-refractivity contribution is 0.0693. The Bertz CT molecular complexity index is 785. The van der Waals surface area contributed by atoms with Gasteiger partial charge in [-0.1, -0.05) is 75.6 Å². The number of hydrogen-bond donors (Lipinski definition) is 2. The van der Waals surface area contributed by atoms with Crippen LogP contribution in [-0.4, -0.2) is 22.8 Å². The quantitative estimate of drug-likeness (QED) is 0.279. The van der Waals surface area contributed by atoms with Crippen LogP contribution in [0, 0.1) is 0 Å². The Balaban J connectivity index is 1.45. The fourth-order valence-electron chi connectivity index (χ4n) is 3.98. The van der Waals surface area contributed by atoms with Gasteiger partial charge in [0.05, 0.1) is 6.61 Å². The van der Waals surface area contributed by atoms with Crippen LogP contribution in [0.2, 0.25) is 0 Å². The second-order valence-corrected chi connectivity index (χ2v) is 8.23. The van der Waals surface area contributed by atoms with Gasteiger partial charge in [-0.15, -0.1) is 0 Å². The largest absolute Gasteiger partial charge is 0.507 e. The van der Waals surface area contributed by atoms with Gasteiger partial charge in [-0.2, -0.15) is 0 Å². The Hall–Kier alpha value is -2.49. The molecule has 2 aromatic rings. The number of rotatable bonds is 16. The van der Waals surface area contributed by atoms with Gasteiger partial charge in [0, 0.05) is 0 Å². The number of ether oxygens (including phenoxy) is 1. The van der Waals surface area contributed by atoms with E-state index in [9.17, 15) is 9.90 Å². The first-order valence-electron chi connectivity index (χ1n) is 11.9. The van der Waals surface area contributed by atoms with Crippen molar-refractivity contribution < 1.29 is 19.7 Å². The van der Waals surface area contributed by atoms with E-state index in [0.29, 0.717) is 0 Å². The number of carboxylic acids is 1. The van der Waals surface area contributed by atoms with Crippen molar-refractivity contribution in [2.24, 2.45) is 0 Å². The lowest BCUT2D eigenvalue weighted by Gasteiger charge is -2.09. The Morgan fingerprint density at radius 1 is 0.806 bits per heavy atom. The standard InChI is InChI=1S/C27H38O4/c1-2-31-26-18-14-13-17-23(26)16-12-10-8-6-4-3-5-7-9-11-15-22-19-20-25(28)24(21-22)27(29)30/h13-14,17-21,28H,2-12,15-16H2,1H3,(H,29,30). The summed E-state index contributed by atoms with van der Waals surface area (Å²) < 4.78 is 5.70. The molecule has 0 spiro atoms. The highest BCUT2D eigenvalue weighted by Gasteiger charge is 2.09. The Kier molecular flexibility index (Phi) is 11.6. The van der Waals surface area contributed by atoms with Gasteiger partial charge in [-0.25, -0.2) is 4.79 Å². The van der Waals surface area contributed by atoms with Gasteiger partial charge in [0.25, 0.3) is 0 Å². The molecular weight excluding hydrogens is 388 g/mol. The summed E-state index contributed by atoms with van der Waals surface area (Å²) in [4.78, 5) is 11.1. The van der Waals surface area contributed by atoms with Crippen LogP contribution in [0.25, 0.3) is 0 Å². The fourth-order valence-corrected chi connectivity index (χ4v) is 3.98. The summed E-state index contributed by atoms with van der Waals surface area (Å²) >= 11 is 0. The van der Waals surface area contributed by atoms with E-state index >= 15 is 0 Å². The first-order chi connectivity index (χ1) is 15.1. The van der Waals surface area contributed by atoms with Gasteiger partial charge in [0.1, 0.15) is 17.1 Å². The third-order valence-electron chi connectivity index (χ3n) is 5.73. The fraction of sp³-hybridized carbons (Fsp3) is 0.519. The van der Waals surface area contributed by atoms with Gasteiger partial charge in [-0.3, -0.25) is 0 Å². The van der Waals surface area contributed by atoms with E-state index < -0.39 is 5.97 Å². The van der Waals surface area contributed by atoms with Crippen LogP contribution < -0.4 is 4.74 Å². The van der Waals surface area contributed by atoms with Gasteiger partial charge in [0.15, 0.2) is 0 Å². The molecule has 31 heavy (non-hydrogen) atoms. The lowest BCUT2D eigenvalue weighted by atomic mass is 10.0. The van der Waals surface area contributed by atoms with Crippen molar-refractivity contribution in [2.75, 3.05) is 6.61 Å². The molecule has 2 N–H and O–H groups in total. The van der Waals surface area contributed by atoms with Crippen LogP contribution in [-0.2, 0) is 12.8 Å². The topological polar surface area (TPSA) is 66.8 Å². The molecule has 0 aliphatic carbocycles. The van der Waals surface area contributed by atoms with Crippen LogP contribution in [0.15, 0.2) is 42.5 Å². The van der Waals surface area contributed by atoms with Crippen LogP contribution in [0.1, 0.15) is 92.6 Å². The van der Waals surface area contributed by atoms with Crippen LogP contribution >= 0.6 is 0 Å². The van der Waals surface area contributed by atoms with Crippen LogP contribution in [0.3, 0.4) is 0 Å². The highest BCUT2D eigenvalue weighted by atomic mass is 16.5. The first-order valence-corrected chi connectivity index (χ1v) is 11.9. The van der Waals surface area contributed by atoms with Crippen molar-refractivity contribution in [2.45, 2.75) is 84.0 Å². The summed E-state index contributed by atoms with van der Waals surface area (Å²) in [5.74, 6) is -0.195. The molecule has 0 bridgehead atoms. The molecule has 4 heteroatoms. The van der Waals surface area contributed by atoms with Crippen LogP contribution in [0.4, 0.5) is 0 Å². The van der Waals surface area contributed by atoms with Gasteiger partial charge < -0.3 is 14.9 Å². The number of aryl methyl sites for hydroxylation is 2. The average Bonchev–Trinajstić information content (AvgIpc) is 2.76. The normalized spacial score (nSPS) is 10.9. The molecule has 0 aliphatic heterocycles. The Labute approximate surface area is 187 Å². The Morgan fingerprint density at radius 2 is 1.39 bits per heavy atom. The first kappa shape index (κ1) is 24.8. The van der Waals surface area contributed by atoms with Crippen molar-refractivity contribution in [3.8, 4) is 11.5 Å². The van der Waals surface area contributed by atoms with E-state index in [1.54, 1.807) is 6.07 Å². The summed E-state index contributed by atoms with van der Waals surface area (Å²) in [6.07, 6.45) is 14.5. The number of unbranched alkanes of at least 4 members (excludes halogenated alkanes) is 9. The molecule has 170 valence electrons. The summed E-state index contributed by atoms with van der Waals surface area (Å²) in [6, 6.07) is 13.3. The zero-order valence-electron chi connectivity index (χ0n) is 18.9. The number of phenols is 1. The zero-order chi connectivity index (χ0) is 22.3. The van der Waals surface area contributed by atoms with E-state index in [0.717, 1.165) is 37.2 Å². The van der Waals surface area contributed by atoms with Crippen molar-refractivity contribution in [1.82, 2.24) is 0 Å². The molecule has 0 aromatic heterocycles. The molecular formula is C27H38O4. The third-order valence-corrected chi connectivity index (χ3v) is 5.73. The van der Waals surface area contributed by atoms with E-state index in [4.69, 9.17) is 9.84 Å². The third kappa shape index (κ3) is 9.46. The maximum atomic E-state index is 11.1. The highest BCUT2D eigenvalue weighted by molar-refractivity contribution is 5.90. The van der Waals surface area contributed by atoms with Crippen molar-refractivity contribution >= 4 is 5.97 Å². The molecule has 0 radical (unpaired) electrons. The van der Waals surface area contributed by atoms with Gasteiger partial charge in [-0.05, 0) is 61.9 Å². The summed E-state index contributed by atoms with van der Waals surface area (Å²) in [5, 5.41) is 18.6. The minimum Gasteiger partial charge on any atom is -0.507 e. The lowest BCUT2D eigenvalue weighted by Crippen LogP contribution is -1.98. The predicted molar refractivity (Wildman–Crippen MR) is 126 cm³/mol. The monoisotopic (exact) mass is 426 g/mol. The number of hydrogen-bond acceptors (Lipinski definition) is 3. The molecule has 0 heterocycles. The number of para-hydroxylation sites is 1. The molecule has 0 saturated carbocycles. The van der Waals surface area contributed by atoms with E-state index in [1.807, 2.05) is 19.1 Å². The summed E-state index contributed by atoms with van der Waals surface area (Å²) in [5.41, 5.74) is 2.31. The second-order valence-electron chi connectivity index (χ2n) is 8.23. The van der Waals surface area contributed by atoms with Crippen molar-refractivity contribution in [1.29, 1.82) is 0 Å². The maximum Gasteiger partial charge on any atom is 0.339 e. The molecule has 0 fully saturated rings. The van der Waals surface area contributed by atoms with Crippen molar-refractivity contribution in [3.05, 3.63) is 59.2 Å². The molecule has 0 unspecified atom stereocenters. The molecule has 4 nitrogen and oxygen atoms in total. The minimum atomic E-state index is -1.07. The van der Waals surface area contributed by atoms with E-state index in [1.165, 1.54) is 69.4 Å². The molecule has 2 rings (SSSR count). The predicted octanol–water partition coefficient (Wildman–Crippen LogP) is 7.18. The zero-order valence-corrected chi connectivity index (χ0v) is 18.9. The number of carbonyl (C=O) groups is 1. The van der Waals surface area contributed by atoms with Gasteiger partial charge in [0.2, 0.25) is 0 Å². The molecule has 0 saturated heterocycles. The number of aromatic carboxylic acids is 1. The van der Waals surface area contributed by atoms with Crippen molar-refractivity contribution in [3.63, 3.8) is 0 Å². The van der Waals surface area contributed by atoms with E-state index in [2.05, 4.69) is 18.2 Å². The number of carboxylic acid groups (broad SMARTS) is 1. The molecule has 0 aliphatic rings.